The Morgan fingerprint density at radius 2 is 2.45 bits per heavy atom. The molecule has 2 nitrogen and oxygen atoms in total. The standard InChI is InChI=1S/C7H11FO2S/c8-6-1-2-11-4-5(6)3-7(9)10/h5-6H,1-4H2,(H,9,10)/t5-,6+/m0/s1. The average Bonchev–Trinajstić information content (AvgIpc) is 1.93. The van der Waals surface area contributed by atoms with Crippen LogP contribution in [0.15, 0.2) is 0 Å². The molecule has 11 heavy (non-hydrogen) atoms. The van der Waals surface area contributed by atoms with E-state index in [0.29, 0.717) is 12.2 Å². The minimum absolute atomic E-state index is 0.0197. The van der Waals surface area contributed by atoms with E-state index < -0.39 is 12.1 Å². The molecule has 64 valence electrons. The lowest BCUT2D eigenvalue weighted by Crippen LogP contribution is -2.26. The Kier molecular flexibility index (Phi) is 3.17. The van der Waals surface area contributed by atoms with Gasteiger partial charge in [-0.3, -0.25) is 4.79 Å². The fourth-order valence-corrected chi connectivity index (χ4v) is 2.37. The van der Waals surface area contributed by atoms with Crippen LogP contribution in [0.3, 0.4) is 0 Å². The van der Waals surface area contributed by atoms with Gasteiger partial charge < -0.3 is 5.11 Å². The summed E-state index contributed by atoms with van der Waals surface area (Å²) < 4.78 is 12.9. The topological polar surface area (TPSA) is 37.3 Å². The van der Waals surface area contributed by atoms with Gasteiger partial charge in [0, 0.05) is 5.92 Å². The molecule has 0 spiro atoms. The molecule has 0 aromatic carbocycles. The monoisotopic (exact) mass is 178 g/mol. The molecule has 1 heterocycles. The molecule has 0 amide bonds. The lowest BCUT2D eigenvalue weighted by molar-refractivity contribution is -0.138. The van der Waals surface area contributed by atoms with Crippen molar-refractivity contribution < 1.29 is 14.3 Å². The van der Waals surface area contributed by atoms with Crippen LogP contribution in [0, 0.1) is 5.92 Å². The van der Waals surface area contributed by atoms with Crippen LogP contribution in [0.5, 0.6) is 0 Å². The van der Waals surface area contributed by atoms with Gasteiger partial charge in [-0.15, -0.1) is 0 Å². The molecule has 1 aliphatic heterocycles. The molecular weight excluding hydrogens is 167 g/mol. The maximum Gasteiger partial charge on any atom is 0.303 e. The molecule has 0 aromatic heterocycles. The number of hydrogen-bond acceptors (Lipinski definition) is 2. The Morgan fingerprint density at radius 3 is 3.00 bits per heavy atom. The van der Waals surface area contributed by atoms with Crippen molar-refractivity contribution in [3.05, 3.63) is 0 Å². The molecule has 0 bridgehead atoms. The molecule has 0 aliphatic carbocycles. The zero-order valence-corrected chi connectivity index (χ0v) is 6.94. The molecule has 4 heteroatoms. The number of thioether (sulfide) groups is 1. The van der Waals surface area contributed by atoms with E-state index in [-0.39, 0.29) is 12.3 Å². The van der Waals surface area contributed by atoms with Crippen molar-refractivity contribution in [2.45, 2.75) is 19.0 Å². The molecule has 1 fully saturated rings. The first-order valence-electron chi connectivity index (χ1n) is 3.63. The van der Waals surface area contributed by atoms with Gasteiger partial charge in [0.25, 0.3) is 0 Å². The third kappa shape index (κ3) is 2.69. The first kappa shape index (κ1) is 8.84. The molecule has 1 rings (SSSR count). The summed E-state index contributed by atoms with van der Waals surface area (Å²) in [6, 6.07) is 0. The van der Waals surface area contributed by atoms with Gasteiger partial charge in [0.2, 0.25) is 0 Å². The number of carboxylic acid groups (broad SMARTS) is 1. The van der Waals surface area contributed by atoms with Gasteiger partial charge in [0.15, 0.2) is 0 Å². The Balaban J connectivity index is 2.35. The number of halogens is 1. The molecule has 2 atom stereocenters. The first-order valence-corrected chi connectivity index (χ1v) is 4.79. The highest BCUT2D eigenvalue weighted by Gasteiger charge is 2.26. The summed E-state index contributed by atoms with van der Waals surface area (Å²) >= 11 is 1.65. The van der Waals surface area contributed by atoms with Crippen LogP contribution in [0.4, 0.5) is 4.39 Å². The number of carbonyl (C=O) groups is 1. The van der Waals surface area contributed by atoms with Gasteiger partial charge >= 0.3 is 5.97 Å². The van der Waals surface area contributed by atoms with Crippen LogP contribution in [0.1, 0.15) is 12.8 Å². The summed E-state index contributed by atoms with van der Waals surface area (Å²) in [5, 5.41) is 8.41. The zero-order chi connectivity index (χ0) is 8.27. The maximum atomic E-state index is 12.9. The van der Waals surface area contributed by atoms with Crippen LogP contribution in [0.25, 0.3) is 0 Å². The van der Waals surface area contributed by atoms with Crippen molar-refractivity contribution in [2.24, 2.45) is 5.92 Å². The van der Waals surface area contributed by atoms with Gasteiger partial charge in [0.1, 0.15) is 6.17 Å². The smallest absolute Gasteiger partial charge is 0.303 e. The van der Waals surface area contributed by atoms with Gasteiger partial charge in [-0.1, -0.05) is 0 Å². The number of alkyl halides is 1. The predicted octanol–water partition coefficient (Wildman–Crippen LogP) is 1.55. The lowest BCUT2D eigenvalue weighted by Gasteiger charge is -2.23. The Labute approximate surface area is 69.2 Å². The quantitative estimate of drug-likeness (QED) is 0.697. The second-order valence-corrected chi connectivity index (χ2v) is 3.89. The van der Waals surface area contributed by atoms with Crippen molar-refractivity contribution in [3.8, 4) is 0 Å². The number of aliphatic carboxylic acids is 1. The summed E-state index contributed by atoms with van der Waals surface area (Å²) in [4.78, 5) is 10.2. The van der Waals surface area contributed by atoms with Crippen LogP contribution in [0.2, 0.25) is 0 Å². The summed E-state index contributed by atoms with van der Waals surface area (Å²) in [5.41, 5.74) is 0. The van der Waals surface area contributed by atoms with Crippen LogP contribution in [-0.2, 0) is 4.79 Å². The fourth-order valence-electron chi connectivity index (χ4n) is 1.18. The van der Waals surface area contributed by atoms with E-state index in [9.17, 15) is 9.18 Å². The molecule has 0 unspecified atom stereocenters. The van der Waals surface area contributed by atoms with Crippen LogP contribution >= 0.6 is 11.8 Å². The van der Waals surface area contributed by atoms with E-state index in [1.807, 2.05) is 0 Å². The van der Waals surface area contributed by atoms with E-state index in [2.05, 4.69) is 0 Å². The van der Waals surface area contributed by atoms with E-state index in [0.717, 1.165) is 5.75 Å². The Hall–Kier alpha value is -0.250. The Morgan fingerprint density at radius 1 is 1.73 bits per heavy atom. The van der Waals surface area contributed by atoms with Crippen molar-refractivity contribution in [1.82, 2.24) is 0 Å². The number of hydrogen-bond donors (Lipinski definition) is 1. The predicted molar refractivity (Wildman–Crippen MR) is 42.6 cm³/mol. The molecule has 0 radical (unpaired) electrons. The second kappa shape index (κ2) is 3.95. The van der Waals surface area contributed by atoms with Crippen LogP contribution in [-0.4, -0.2) is 28.8 Å². The molecule has 0 saturated carbocycles. The zero-order valence-electron chi connectivity index (χ0n) is 6.12. The van der Waals surface area contributed by atoms with Crippen molar-refractivity contribution in [1.29, 1.82) is 0 Å². The highest BCUT2D eigenvalue weighted by Crippen LogP contribution is 2.27. The highest BCUT2D eigenvalue weighted by atomic mass is 32.2. The van der Waals surface area contributed by atoms with E-state index in [1.54, 1.807) is 11.8 Å². The van der Waals surface area contributed by atoms with Gasteiger partial charge in [0.05, 0.1) is 6.42 Å². The second-order valence-electron chi connectivity index (χ2n) is 2.74. The number of rotatable bonds is 2. The van der Waals surface area contributed by atoms with Crippen molar-refractivity contribution >= 4 is 17.7 Å². The summed E-state index contributed by atoms with van der Waals surface area (Å²) in [6.45, 7) is 0. The summed E-state index contributed by atoms with van der Waals surface area (Å²) in [6.07, 6.45) is -0.399. The molecular formula is C7H11FO2S. The third-order valence-electron chi connectivity index (χ3n) is 1.82. The van der Waals surface area contributed by atoms with Gasteiger partial charge in [-0.2, -0.15) is 11.8 Å². The third-order valence-corrected chi connectivity index (χ3v) is 3.01. The highest BCUT2D eigenvalue weighted by molar-refractivity contribution is 7.99. The largest absolute Gasteiger partial charge is 0.481 e. The minimum atomic E-state index is -0.896. The molecule has 1 N–H and O–H groups in total. The van der Waals surface area contributed by atoms with Crippen LogP contribution < -0.4 is 0 Å². The van der Waals surface area contributed by atoms with Gasteiger partial charge in [-0.25, -0.2) is 4.39 Å². The maximum absolute atomic E-state index is 12.9. The molecule has 0 aromatic rings. The molecule has 1 aliphatic rings. The van der Waals surface area contributed by atoms with Crippen molar-refractivity contribution in [2.75, 3.05) is 11.5 Å². The minimum Gasteiger partial charge on any atom is -0.481 e. The average molecular weight is 178 g/mol. The van der Waals surface area contributed by atoms with E-state index in [4.69, 9.17) is 5.11 Å². The summed E-state index contributed by atoms with van der Waals surface area (Å²) in [7, 11) is 0. The van der Waals surface area contributed by atoms with E-state index in [1.165, 1.54) is 0 Å². The van der Waals surface area contributed by atoms with Crippen molar-refractivity contribution in [3.63, 3.8) is 0 Å². The van der Waals surface area contributed by atoms with Gasteiger partial charge in [-0.05, 0) is 17.9 Å². The number of carboxylic acids is 1. The molecule has 1 saturated heterocycles. The lowest BCUT2D eigenvalue weighted by atomic mass is 10.00. The Bertz CT molecular complexity index is 151. The first-order chi connectivity index (χ1) is 5.20. The SMILES string of the molecule is O=C(O)C[C@H]1CSCC[C@H]1F. The van der Waals surface area contributed by atoms with E-state index >= 15 is 0 Å². The normalized spacial score (nSPS) is 31.7. The summed E-state index contributed by atoms with van der Waals surface area (Å²) in [5.74, 6) is 0.344. The fraction of sp³-hybridized carbons (Fsp3) is 0.857.